The van der Waals surface area contributed by atoms with E-state index in [4.69, 9.17) is 9.47 Å². The lowest BCUT2D eigenvalue weighted by Crippen LogP contribution is -2.49. The molecule has 0 radical (unpaired) electrons. The lowest BCUT2D eigenvalue weighted by molar-refractivity contribution is -0.152. The molecule has 1 aromatic carbocycles. The molecule has 1 fully saturated rings. The van der Waals surface area contributed by atoms with E-state index >= 15 is 0 Å². The first-order valence-electron chi connectivity index (χ1n) is 8.83. The SMILES string of the molecule is CN1C[C@@H](C(=O)OCc2ccccc2)N(C(=O)CNC(=O)OC(C)(C)C)C1=O. The molecule has 4 amide bonds. The van der Waals surface area contributed by atoms with E-state index in [1.807, 2.05) is 18.2 Å². The second-order valence-electron chi connectivity index (χ2n) is 7.39. The highest BCUT2D eigenvalue weighted by molar-refractivity contribution is 6.02. The largest absolute Gasteiger partial charge is 0.459 e. The zero-order valence-electron chi connectivity index (χ0n) is 16.4. The highest BCUT2D eigenvalue weighted by Gasteiger charge is 2.44. The summed E-state index contributed by atoms with van der Waals surface area (Å²) >= 11 is 0. The van der Waals surface area contributed by atoms with E-state index in [1.54, 1.807) is 32.9 Å². The average molecular weight is 391 g/mol. The highest BCUT2D eigenvalue weighted by atomic mass is 16.6. The summed E-state index contributed by atoms with van der Waals surface area (Å²) in [5.74, 6) is -1.41. The fraction of sp³-hybridized carbons (Fsp3) is 0.474. The zero-order valence-corrected chi connectivity index (χ0v) is 16.4. The van der Waals surface area contributed by atoms with Crippen LogP contribution in [0.4, 0.5) is 9.59 Å². The predicted molar refractivity (Wildman–Crippen MR) is 99.1 cm³/mol. The number of esters is 1. The Morgan fingerprint density at radius 3 is 2.43 bits per heavy atom. The summed E-state index contributed by atoms with van der Waals surface area (Å²) in [6, 6.07) is 7.36. The summed E-state index contributed by atoms with van der Waals surface area (Å²) in [6.07, 6.45) is -0.788. The van der Waals surface area contributed by atoms with Crippen molar-refractivity contribution in [3.8, 4) is 0 Å². The lowest BCUT2D eigenvalue weighted by Gasteiger charge is -2.22. The minimum absolute atomic E-state index is 0.0185. The van der Waals surface area contributed by atoms with Crippen LogP contribution in [0, 0.1) is 0 Å². The molecule has 1 heterocycles. The Balaban J connectivity index is 1.97. The standard InChI is InChI=1S/C19H25N3O6/c1-19(2,3)28-17(25)20-10-15(23)22-14(11-21(4)18(22)26)16(24)27-12-13-8-6-5-7-9-13/h5-9,14H,10-12H2,1-4H3,(H,20,25)/t14-/m0/s1. The Bertz CT molecular complexity index is 744. The Kier molecular flexibility index (Phi) is 6.61. The van der Waals surface area contributed by atoms with Gasteiger partial charge in [-0.2, -0.15) is 0 Å². The number of nitrogens with zero attached hydrogens (tertiary/aromatic N) is 2. The zero-order chi connectivity index (χ0) is 20.9. The molecule has 1 atom stereocenters. The van der Waals surface area contributed by atoms with E-state index in [2.05, 4.69) is 5.32 Å². The molecule has 2 rings (SSSR count). The van der Waals surface area contributed by atoms with E-state index in [1.165, 1.54) is 11.9 Å². The third-order valence-electron chi connectivity index (χ3n) is 3.84. The first kappa shape index (κ1) is 21.2. The number of ether oxygens (including phenoxy) is 2. The molecule has 0 bridgehead atoms. The van der Waals surface area contributed by atoms with Gasteiger partial charge in [0.2, 0.25) is 0 Å². The number of urea groups is 1. The van der Waals surface area contributed by atoms with Gasteiger partial charge in [0.05, 0.1) is 6.54 Å². The summed E-state index contributed by atoms with van der Waals surface area (Å²) in [4.78, 5) is 51.0. The monoisotopic (exact) mass is 391 g/mol. The lowest BCUT2D eigenvalue weighted by atomic mass is 10.2. The number of imide groups is 1. The van der Waals surface area contributed by atoms with Crippen LogP contribution < -0.4 is 5.32 Å². The van der Waals surface area contributed by atoms with Crippen molar-refractivity contribution in [1.82, 2.24) is 15.1 Å². The molecular formula is C19H25N3O6. The number of hydrogen-bond acceptors (Lipinski definition) is 6. The molecule has 0 spiro atoms. The van der Waals surface area contributed by atoms with E-state index < -0.39 is 42.2 Å². The van der Waals surface area contributed by atoms with Crippen molar-refractivity contribution in [2.45, 2.75) is 39.0 Å². The third kappa shape index (κ3) is 5.70. The maximum atomic E-state index is 12.5. The summed E-state index contributed by atoms with van der Waals surface area (Å²) in [5.41, 5.74) is 0.0682. The van der Waals surface area contributed by atoms with Crippen LogP contribution in [0.1, 0.15) is 26.3 Å². The normalized spacial score (nSPS) is 16.7. The molecule has 9 heteroatoms. The second kappa shape index (κ2) is 8.73. The summed E-state index contributed by atoms with van der Waals surface area (Å²) < 4.78 is 10.3. The summed E-state index contributed by atoms with van der Waals surface area (Å²) in [7, 11) is 1.48. The van der Waals surface area contributed by atoms with Gasteiger partial charge in [-0.05, 0) is 26.3 Å². The van der Waals surface area contributed by atoms with Gasteiger partial charge in [0.1, 0.15) is 18.8 Å². The Morgan fingerprint density at radius 2 is 1.82 bits per heavy atom. The number of carbonyl (C=O) groups is 4. The Hall–Kier alpha value is -3.10. The predicted octanol–water partition coefficient (Wildman–Crippen LogP) is 1.52. The maximum absolute atomic E-state index is 12.5. The van der Waals surface area contributed by atoms with Crippen LogP contribution >= 0.6 is 0 Å². The molecular weight excluding hydrogens is 366 g/mol. The molecule has 152 valence electrons. The van der Waals surface area contributed by atoms with Gasteiger partial charge in [-0.1, -0.05) is 30.3 Å². The minimum Gasteiger partial charge on any atom is -0.459 e. The second-order valence-corrected chi connectivity index (χ2v) is 7.39. The molecule has 1 N–H and O–H groups in total. The van der Waals surface area contributed by atoms with Gasteiger partial charge >= 0.3 is 18.1 Å². The molecule has 1 saturated heterocycles. The van der Waals surface area contributed by atoms with E-state index in [0.29, 0.717) is 0 Å². The summed E-state index contributed by atoms with van der Waals surface area (Å²) in [6.45, 7) is 4.64. The fourth-order valence-corrected chi connectivity index (χ4v) is 2.57. The van der Waals surface area contributed by atoms with Crippen molar-refractivity contribution >= 4 is 24.0 Å². The average Bonchev–Trinajstić information content (AvgIpc) is 2.92. The van der Waals surface area contributed by atoms with E-state index in [-0.39, 0.29) is 13.2 Å². The van der Waals surface area contributed by atoms with E-state index in [9.17, 15) is 19.2 Å². The van der Waals surface area contributed by atoms with Crippen LogP contribution in [0.5, 0.6) is 0 Å². The first-order chi connectivity index (χ1) is 13.1. The van der Waals surface area contributed by atoms with Gasteiger partial charge < -0.3 is 19.7 Å². The van der Waals surface area contributed by atoms with Crippen LogP contribution in [0.2, 0.25) is 0 Å². The number of amides is 4. The van der Waals surface area contributed by atoms with Crippen LogP contribution in [0.25, 0.3) is 0 Å². The smallest absolute Gasteiger partial charge is 0.408 e. The van der Waals surface area contributed by atoms with Crippen molar-refractivity contribution in [2.75, 3.05) is 20.1 Å². The maximum Gasteiger partial charge on any atom is 0.408 e. The molecule has 1 aromatic rings. The molecule has 1 aliphatic heterocycles. The fourth-order valence-electron chi connectivity index (χ4n) is 2.57. The molecule has 28 heavy (non-hydrogen) atoms. The van der Waals surface area contributed by atoms with Gasteiger partial charge in [-0.3, -0.25) is 4.79 Å². The van der Waals surface area contributed by atoms with E-state index in [0.717, 1.165) is 10.5 Å². The summed E-state index contributed by atoms with van der Waals surface area (Å²) in [5, 5.41) is 2.29. The number of hydrogen-bond donors (Lipinski definition) is 1. The molecule has 0 aromatic heterocycles. The Labute approximate surface area is 163 Å². The highest BCUT2D eigenvalue weighted by Crippen LogP contribution is 2.17. The molecule has 1 aliphatic rings. The van der Waals surface area contributed by atoms with Crippen LogP contribution in [0.15, 0.2) is 30.3 Å². The van der Waals surface area contributed by atoms with Gasteiger partial charge in [-0.25, -0.2) is 19.3 Å². The number of nitrogens with one attached hydrogen (secondary N) is 1. The number of benzene rings is 1. The molecule has 0 aliphatic carbocycles. The first-order valence-corrected chi connectivity index (χ1v) is 8.83. The molecule has 0 unspecified atom stereocenters. The van der Waals surface area contributed by atoms with Crippen molar-refractivity contribution < 1.29 is 28.7 Å². The Morgan fingerprint density at radius 1 is 1.18 bits per heavy atom. The molecule has 0 saturated carbocycles. The van der Waals surface area contributed by atoms with Gasteiger partial charge in [0.15, 0.2) is 6.04 Å². The van der Waals surface area contributed by atoms with Gasteiger partial charge in [0.25, 0.3) is 5.91 Å². The number of likely N-dealkylation sites (N-methyl/N-ethyl adjacent to an activating group) is 1. The topological polar surface area (TPSA) is 105 Å². The van der Waals surface area contributed by atoms with Crippen molar-refractivity contribution in [3.63, 3.8) is 0 Å². The van der Waals surface area contributed by atoms with Gasteiger partial charge in [0, 0.05) is 7.05 Å². The third-order valence-corrected chi connectivity index (χ3v) is 3.84. The minimum atomic E-state index is -1.07. The van der Waals surface area contributed by atoms with Gasteiger partial charge in [-0.15, -0.1) is 0 Å². The molecule has 9 nitrogen and oxygen atoms in total. The quantitative estimate of drug-likeness (QED) is 0.763. The van der Waals surface area contributed by atoms with Crippen LogP contribution in [-0.4, -0.2) is 65.6 Å². The van der Waals surface area contributed by atoms with Crippen LogP contribution in [0.3, 0.4) is 0 Å². The number of rotatable bonds is 5. The number of carbonyl (C=O) groups excluding carboxylic acids is 4. The van der Waals surface area contributed by atoms with Crippen molar-refractivity contribution in [1.29, 1.82) is 0 Å². The van der Waals surface area contributed by atoms with Crippen LogP contribution in [-0.2, 0) is 25.7 Å². The number of alkyl carbamates (subject to hydrolysis) is 1. The van der Waals surface area contributed by atoms with Crippen molar-refractivity contribution in [2.24, 2.45) is 0 Å². The van der Waals surface area contributed by atoms with Crippen molar-refractivity contribution in [3.05, 3.63) is 35.9 Å².